The molecule has 1 aromatic heterocycles. The zero-order chi connectivity index (χ0) is 20.3. The Morgan fingerprint density at radius 2 is 1.63 bits per heavy atom. The maximum absolute atomic E-state index is 13.2. The first-order valence-electron chi connectivity index (χ1n) is 10.5. The third kappa shape index (κ3) is 3.73. The molecule has 1 saturated heterocycles. The Labute approximate surface area is 176 Å². The second kappa shape index (κ2) is 8.14. The number of fused-ring (bicyclic) bond motifs is 1. The molecule has 0 bridgehead atoms. The molecule has 0 saturated carbocycles. The molecule has 0 unspecified atom stereocenters. The lowest BCUT2D eigenvalue weighted by Gasteiger charge is -2.35. The van der Waals surface area contributed by atoms with Gasteiger partial charge in [-0.25, -0.2) is 0 Å². The van der Waals surface area contributed by atoms with Crippen LogP contribution in [-0.2, 0) is 12.8 Å². The van der Waals surface area contributed by atoms with Gasteiger partial charge >= 0.3 is 0 Å². The van der Waals surface area contributed by atoms with Gasteiger partial charge in [-0.15, -0.1) is 5.10 Å². The molecule has 2 aliphatic rings. The molecule has 1 amide bonds. The molecular weight excluding hydrogens is 376 g/mol. The summed E-state index contributed by atoms with van der Waals surface area (Å²) < 4.78 is 5.98. The van der Waals surface area contributed by atoms with Gasteiger partial charge in [0.1, 0.15) is 11.5 Å². The predicted molar refractivity (Wildman–Crippen MR) is 115 cm³/mol. The monoisotopic (exact) mass is 400 g/mol. The number of piperazine rings is 1. The van der Waals surface area contributed by atoms with Gasteiger partial charge in [0.05, 0.1) is 11.3 Å². The summed E-state index contributed by atoms with van der Waals surface area (Å²) in [6.45, 7) is 2.80. The fourth-order valence-corrected chi connectivity index (χ4v) is 4.13. The number of aryl methyl sites for hydroxylation is 2. The van der Waals surface area contributed by atoms with E-state index in [-0.39, 0.29) is 5.91 Å². The van der Waals surface area contributed by atoms with Crippen molar-refractivity contribution in [2.75, 3.05) is 31.1 Å². The average molecular weight is 400 g/mol. The van der Waals surface area contributed by atoms with E-state index in [0.29, 0.717) is 24.4 Å². The van der Waals surface area contributed by atoms with Crippen LogP contribution in [0.3, 0.4) is 0 Å². The minimum atomic E-state index is 0.00113. The first-order chi connectivity index (χ1) is 14.8. The number of hydrogen-bond acceptors (Lipinski definition) is 5. The van der Waals surface area contributed by atoms with Gasteiger partial charge < -0.3 is 14.5 Å². The Morgan fingerprint density at radius 3 is 2.47 bits per heavy atom. The summed E-state index contributed by atoms with van der Waals surface area (Å²) in [5.74, 6) is 2.23. The SMILES string of the molecule is O=C(c1ccccc1Oc1ccccc1)N1CCN(c2cc3c(nn2)CCC3)CC1. The minimum absolute atomic E-state index is 0.00113. The quantitative estimate of drug-likeness (QED) is 0.668. The number of carbonyl (C=O) groups is 1. The van der Waals surface area contributed by atoms with Gasteiger partial charge in [0.15, 0.2) is 5.82 Å². The van der Waals surface area contributed by atoms with Crippen molar-refractivity contribution in [3.05, 3.63) is 77.5 Å². The van der Waals surface area contributed by atoms with E-state index in [0.717, 1.165) is 43.2 Å². The Kier molecular flexibility index (Phi) is 5.05. The van der Waals surface area contributed by atoms with E-state index in [1.165, 1.54) is 12.0 Å². The number of nitrogens with zero attached hydrogens (tertiary/aromatic N) is 4. The highest BCUT2D eigenvalue weighted by Crippen LogP contribution is 2.27. The highest BCUT2D eigenvalue weighted by atomic mass is 16.5. The smallest absolute Gasteiger partial charge is 0.257 e. The van der Waals surface area contributed by atoms with Crippen LogP contribution in [0.2, 0.25) is 0 Å². The fraction of sp³-hybridized carbons (Fsp3) is 0.292. The van der Waals surface area contributed by atoms with Crippen molar-refractivity contribution in [3.8, 4) is 11.5 Å². The summed E-state index contributed by atoms with van der Waals surface area (Å²) in [5.41, 5.74) is 3.06. The molecule has 6 nitrogen and oxygen atoms in total. The maximum Gasteiger partial charge on any atom is 0.257 e. The van der Waals surface area contributed by atoms with Crippen molar-refractivity contribution >= 4 is 11.7 Å². The summed E-state index contributed by atoms with van der Waals surface area (Å²) in [5, 5.41) is 8.81. The number of para-hydroxylation sites is 2. The van der Waals surface area contributed by atoms with Gasteiger partial charge in [0.25, 0.3) is 5.91 Å². The standard InChI is InChI=1S/C24H24N4O2/c29-24(20-10-4-5-12-22(20)30-19-8-2-1-3-9-19)28-15-13-27(14-16-28)23-17-18-7-6-11-21(18)25-26-23/h1-5,8-10,12,17H,6-7,11,13-16H2. The summed E-state index contributed by atoms with van der Waals surface area (Å²) in [6, 6.07) is 19.2. The normalized spacial score (nSPS) is 15.7. The van der Waals surface area contributed by atoms with Crippen LogP contribution >= 0.6 is 0 Å². The van der Waals surface area contributed by atoms with Crippen LogP contribution in [0.25, 0.3) is 0 Å². The Bertz CT molecular complexity index is 1050. The number of ether oxygens (including phenoxy) is 1. The highest BCUT2D eigenvalue weighted by Gasteiger charge is 2.26. The summed E-state index contributed by atoms with van der Waals surface area (Å²) in [6.07, 6.45) is 3.30. The molecule has 0 atom stereocenters. The lowest BCUT2D eigenvalue weighted by atomic mass is 10.1. The summed E-state index contributed by atoms with van der Waals surface area (Å²) >= 11 is 0. The van der Waals surface area contributed by atoms with Crippen LogP contribution in [0.5, 0.6) is 11.5 Å². The van der Waals surface area contributed by atoms with Crippen molar-refractivity contribution in [1.29, 1.82) is 0 Å². The number of aromatic nitrogens is 2. The second-order valence-corrected chi connectivity index (χ2v) is 7.72. The number of hydrogen-bond donors (Lipinski definition) is 0. The highest BCUT2D eigenvalue weighted by molar-refractivity contribution is 5.97. The molecule has 0 radical (unpaired) electrons. The predicted octanol–water partition coefficient (Wildman–Crippen LogP) is 3.72. The molecule has 30 heavy (non-hydrogen) atoms. The minimum Gasteiger partial charge on any atom is -0.457 e. The van der Waals surface area contributed by atoms with Crippen LogP contribution in [-0.4, -0.2) is 47.2 Å². The van der Waals surface area contributed by atoms with E-state index < -0.39 is 0 Å². The lowest BCUT2D eigenvalue weighted by molar-refractivity contribution is 0.0744. The lowest BCUT2D eigenvalue weighted by Crippen LogP contribution is -2.49. The molecular formula is C24H24N4O2. The molecule has 2 heterocycles. The van der Waals surface area contributed by atoms with E-state index >= 15 is 0 Å². The van der Waals surface area contributed by atoms with E-state index in [1.807, 2.05) is 59.5 Å². The molecule has 0 spiro atoms. The number of anilines is 1. The number of rotatable bonds is 4. The van der Waals surface area contributed by atoms with Crippen LogP contribution in [0.4, 0.5) is 5.82 Å². The molecule has 1 aliphatic carbocycles. The van der Waals surface area contributed by atoms with Gasteiger partial charge in [-0.1, -0.05) is 30.3 Å². The van der Waals surface area contributed by atoms with E-state index in [2.05, 4.69) is 21.2 Å². The van der Waals surface area contributed by atoms with Crippen molar-refractivity contribution in [1.82, 2.24) is 15.1 Å². The Balaban J connectivity index is 1.27. The van der Waals surface area contributed by atoms with Gasteiger partial charge in [-0.3, -0.25) is 4.79 Å². The summed E-state index contributed by atoms with van der Waals surface area (Å²) in [4.78, 5) is 17.3. The van der Waals surface area contributed by atoms with Crippen LogP contribution < -0.4 is 9.64 Å². The topological polar surface area (TPSA) is 58.6 Å². The van der Waals surface area contributed by atoms with Gasteiger partial charge in [0, 0.05) is 26.2 Å². The third-order valence-electron chi connectivity index (χ3n) is 5.79. The second-order valence-electron chi connectivity index (χ2n) is 7.72. The Morgan fingerprint density at radius 1 is 0.867 bits per heavy atom. The molecule has 5 rings (SSSR count). The molecule has 1 fully saturated rings. The Hall–Kier alpha value is -3.41. The van der Waals surface area contributed by atoms with Crippen LogP contribution in [0, 0.1) is 0 Å². The maximum atomic E-state index is 13.2. The van der Waals surface area contributed by atoms with E-state index in [9.17, 15) is 4.79 Å². The molecule has 152 valence electrons. The average Bonchev–Trinajstić information content (AvgIpc) is 3.28. The number of benzene rings is 2. The molecule has 0 N–H and O–H groups in total. The first-order valence-corrected chi connectivity index (χ1v) is 10.5. The summed E-state index contributed by atoms with van der Waals surface area (Å²) in [7, 11) is 0. The van der Waals surface area contributed by atoms with Crippen molar-refractivity contribution in [3.63, 3.8) is 0 Å². The van der Waals surface area contributed by atoms with Crippen molar-refractivity contribution in [2.45, 2.75) is 19.3 Å². The number of amides is 1. The largest absolute Gasteiger partial charge is 0.457 e. The number of carbonyl (C=O) groups excluding carboxylic acids is 1. The van der Waals surface area contributed by atoms with Gasteiger partial charge in [-0.05, 0) is 55.2 Å². The van der Waals surface area contributed by atoms with Crippen molar-refractivity contribution in [2.24, 2.45) is 0 Å². The molecule has 1 aliphatic heterocycles. The first kappa shape index (κ1) is 18.6. The van der Waals surface area contributed by atoms with Crippen LogP contribution in [0.1, 0.15) is 28.0 Å². The molecule has 2 aromatic carbocycles. The molecule has 6 heteroatoms. The van der Waals surface area contributed by atoms with Gasteiger partial charge in [-0.2, -0.15) is 5.10 Å². The van der Waals surface area contributed by atoms with Crippen LogP contribution in [0.15, 0.2) is 60.7 Å². The zero-order valence-electron chi connectivity index (χ0n) is 16.8. The third-order valence-corrected chi connectivity index (χ3v) is 5.79. The molecule has 3 aromatic rings. The fourth-order valence-electron chi connectivity index (χ4n) is 4.13. The van der Waals surface area contributed by atoms with E-state index in [4.69, 9.17) is 4.74 Å². The zero-order valence-corrected chi connectivity index (χ0v) is 16.8. The van der Waals surface area contributed by atoms with Gasteiger partial charge in [0.2, 0.25) is 0 Å². The van der Waals surface area contributed by atoms with Crippen molar-refractivity contribution < 1.29 is 9.53 Å². The van der Waals surface area contributed by atoms with E-state index in [1.54, 1.807) is 0 Å².